The van der Waals surface area contributed by atoms with Crippen molar-refractivity contribution in [2.45, 2.75) is 59.3 Å². The minimum absolute atomic E-state index is 0.353. The summed E-state index contributed by atoms with van der Waals surface area (Å²) in [6.07, 6.45) is 3.84. The van der Waals surface area contributed by atoms with Gasteiger partial charge in [-0.3, -0.25) is 0 Å². The molecule has 18 heavy (non-hydrogen) atoms. The van der Waals surface area contributed by atoms with Crippen LogP contribution in [0.2, 0.25) is 0 Å². The van der Waals surface area contributed by atoms with Gasteiger partial charge in [0.25, 0.3) is 0 Å². The molecule has 0 fully saturated rings. The van der Waals surface area contributed by atoms with E-state index in [1.165, 1.54) is 24.0 Å². The fraction of sp³-hybridized carbons (Fsp3) is 0.625. The Labute approximate surface area is 112 Å². The standard InChI is InChI=1S/C16H27NO/c1-4-8-14(3)18-13-16-10-7-6-9-15(16)12-17-11-5-2/h6-7,9-10,14,17H,4-5,8,11-13H2,1-3H3. The van der Waals surface area contributed by atoms with Crippen LogP contribution in [0.5, 0.6) is 0 Å². The molecule has 1 N–H and O–H groups in total. The molecule has 0 aromatic heterocycles. The molecule has 1 unspecified atom stereocenters. The number of hydrogen-bond donors (Lipinski definition) is 1. The maximum absolute atomic E-state index is 5.89. The van der Waals surface area contributed by atoms with Gasteiger partial charge in [-0.1, -0.05) is 44.5 Å². The van der Waals surface area contributed by atoms with Gasteiger partial charge in [0.15, 0.2) is 0 Å². The van der Waals surface area contributed by atoms with Crippen LogP contribution in [0, 0.1) is 0 Å². The monoisotopic (exact) mass is 249 g/mol. The van der Waals surface area contributed by atoms with Gasteiger partial charge in [-0.15, -0.1) is 0 Å². The van der Waals surface area contributed by atoms with Crippen LogP contribution in [0.1, 0.15) is 51.2 Å². The molecule has 2 nitrogen and oxygen atoms in total. The minimum atomic E-state index is 0.353. The fourth-order valence-electron chi connectivity index (χ4n) is 1.99. The smallest absolute Gasteiger partial charge is 0.0723 e. The van der Waals surface area contributed by atoms with Crippen LogP contribution in [0.3, 0.4) is 0 Å². The van der Waals surface area contributed by atoms with E-state index >= 15 is 0 Å². The van der Waals surface area contributed by atoms with Gasteiger partial charge in [-0.2, -0.15) is 0 Å². The Bertz CT molecular complexity index is 325. The first kappa shape index (κ1) is 15.2. The normalized spacial score (nSPS) is 12.6. The van der Waals surface area contributed by atoms with Gasteiger partial charge in [-0.05, 0) is 37.4 Å². The van der Waals surface area contributed by atoms with Crippen molar-refractivity contribution >= 4 is 0 Å². The van der Waals surface area contributed by atoms with Crippen LogP contribution in [-0.4, -0.2) is 12.6 Å². The topological polar surface area (TPSA) is 21.3 Å². The molecule has 0 aliphatic carbocycles. The second kappa shape index (κ2) is 9.12. The highest BCUT2D eigenvalue weighted by Gasteiger charge is 2.05. The van der Waals surface area contributed by atoms with Gasteiger partial charge >= 0.3 is 0 Å². The van der Waals surface area contributed by atoms with Crippen molar-refractivity contribution in [3.05, 3.63) is 35.4 Å². The molecule has 102 valence electrons. The summed E-state index contributed by atoms with van der Waals surface area (Å²) >= 11 is 0. The number of nitrogens with one attached hydrogen (secondary N) is 1. The van der Waals surface area contributed by atoms with Crippen LogP contribution in [0.25, 0.3) is 0 Å². The molecule has 0 spiro atoms. The van der Waals surface area contributed by atoms with Crippen LogP contribution in [0.4, 0.5) is 0 Å². The molecular formula is C16H27NO. The molecule has 0 bridgehead atoms. The van der Waals surface area contributed by atoms with Crippen molar-refractivity contribution in [1.82, 2.24) is 5.32 Å². The van der Waals surface area contributed by atoms with Crippen molar-refractivity contribution in [3.8, 4) is 0 Å². The van der Waals surface area contributed by atoms with Gasteiger partial charge in [-0.25, -0.2) is 0 Å². The molecule has 0 saturated heterocycles. The SMILES string of the molecule is CCCNCc1ccccc1COC(C)CCC. The number of rotatable bonds is 9. The highest BCUT2D eigenvalue weighted by Crippen LogP contribution is 2.12. The molecule has 2 heteroatoms. The van der Waals surface area contributed by atoms with E-state index in [0.717, 1.165) is 26.1 Å². The third kappa shape index (κ3) is 5.65. The first-order chi connectivity index (χ1) is 8.77. The summed E-state index contributed by atoms with van der Waals surface area (Å²) in [4.78, 5) is 0. The first-order valence-electron chi connectivity index (χ1n) is 7.17. The summed E-state index contributed by atoms with van der Waals surface area (Å²) in [6, 6.07) is 8.54. The molecule has 0 saturated carbocycles. The van der Waals surface area contributed by atoms with E-state index in [4.69, 9.17) is 4.74 Å². The van der Waals surface area contributed by atoms with Gasteiger partial charge in [0.05, 0.1) is 12.7 Å². The first-order valence-corrected chi connectivity index (χ1v) is 7.17. The lowest BCUT2D eigenvalue weighted by Gasteiger charge is -2.15. The average molecular weight is 249 g/mol. The van der Waals surface area contributed by atoms with E-state index in [0.29, 0.717) is 6.10 Å². The predicted octanol–water partition coefficient (Wildman–Crippen LogP) is 3.89. The van der Waals surface area contributed by atoms with E-state index in [2.05, 4.69) is 50.4 Å². The van der Waals surface area contributed by atoms with Crippen molar-refractivity contribution in [2.75, 3.05) is 6.54 Å². The molecule has 1 aromatic carbocycles. The largest absolute Gasteiger partial charge is 0.374 e. The summed E-state index contributed by atoms with van der Waals surface area (Å²) in [5.41, 5.74) is 2.67. The third-order valence-electron chi connectivity index (χ3n) is 3.08. The highest BCUT2D eigenvalue weighted by molar-refractivity contribution is 5.26. The second-order valence-electron chi connectivity index (χ2n) is 4.86. The number of ether oxygens (including phenoxy) is 1. The van der Waals surface area contributed by atoms with Crippen molar-refractivity contribution in [2.24, 2.45) is 0 Å². The van der Waals surface area contributed by atoms with Gasteiger partial charge in [0, 0.05) is 6.54 Å². The molecule has 0 heterocycles. The second-order valence-corrected chi connectivity index (χ2v) is 4.86. The zero-order valence-corrected chi connectivity index (χ0v) is 12.0. The van der Waals surface area contributed by atoms with E-state index in [9.17, 15) is 0 Å². The van der Waals surface area contributed by atoms with Crippen molar-refractivity contribution < 1.29 is 4.74 Å². The lowest BCUT2D eigenvalue weighted by Crippen LogP contribution is -2.16. The Hall–Kier alpha value is -0.860. The summed E-state index contributed by atoms with van der Waals surface area (Å²) in [5.74, 6) is 0. The Morgan fingerprint density at radius 1 is 1.11 bits per heavy atom. The van der Waals surface area contributed by atoms with E-state index < -0.39 is 0 Å². The zero-order valence-electron chi connectivity index (χ0n) is 12.0. The highest BCUT2D eigenvalue weighted by atomic mass is 16.5. The van der Waals surface area contributed by atoms with Crippen molar-refractivity contribution in [1.29, 1.82) is 0 Å². The fourth-order valence-corrected chi connectivity index (χ4v) is 1.99. The van der Waals surface area contributed by atoms with Crippen LogP contribution in [-0.2, 0) is 17.9 Å². The quantitative estimate of drug-likeness (QED) is 0.670. The Balaban J connectivity index is 2.48. The molecule has 1 rings (SSSR count). The molecular weight excluding hydrogens is 222 g/mol. The van der Waals surface area contributed by atoms with E-state index in [1.807, 2.05) is 0 Å². The summed E-state index contributed by atoms with van der Waals surface area (Å²) in [6.45, 7) is 9.28. The Kier molecular flexibility index (Phi) is 7.70. The lowest BCUT2D eigenvalue weighted by molar-refractivity contribution is 0.0467. The average Bonchev–Trinajstić information content (AvgIpc) is 2.38. The summed E-state index contributed by atoms with van der Waals surface area (Å²) < 4.78 is 5.89. The van der Waals surface area contributed by atoms with Gasteiger partial charge in [0.1, 0.15) is 0 Å². The number of benzene rings is 1. The third-order valence-corrected chi connectivity index (χ3v) is 3.08. The van der Waals surface area contributed by atoms with E-state index in [1.54, 1.807) is 0 Å². The number of hydrogen-bond acceptors (Lipinski definition) is 2. The Morgan fingerprint density at radius 2 is 1.83 bits per heavy atom. The van der Waals surface area contributed by atoms with Gasteiger partial charge in [0.2, 0.25) is 0 Å². The molecule has 1 atom stereocenters. The maximum atomic E-state index is 5.89. The molecule has 0 radical (unpaired) electrons. The molecule has 0 aliphatic heterocycles. The molecule has 0 aliphatic rings. The summed E-state index contributed by atoms with van der Waals surface area (Å²) in [5, 5.41) is 3.45. The molecule has 0 amide bonds. The van der Waals surface area contributed by atoms with Gasteiger partial charge < -0.3 is 10.1 Å². The van der Waals surface area contributed by atoms with E-state index in [-0.39, 0.29) is 0 Å². The van der Waals surface area contributed by atoms with Crippen LogP contribution < -0.4 is 5.32 Å². The Morgan fingerprint density at radius 3 is 2.50 bits per heavy atom. The minimum Gasteiger partial charge on any atom is -0.374 e. The maximum Gasteiger partial charge on any atom is 0.0723 e. The van der Waals surface area contributed by atoms with Crippen molar-refractivity contribution in [3.63, 3.8) is 0 Å². The van der Waals surface area contributed by atoms with Crippen LogP contribution in [0.15, 0.2) is 24.3 Å². The predicted molar refractivity (Wildman–Crippen MR) is 77.6 cm³/mol. The molecule has 1 aromatic rings. The zero-order chi connectivity index (χ0) is 13.2. The van der Waals surface area contributed by atoms with Crippen LogP contribution >= 0.6 is 0 Å². The summed E-state index contributed by atoms with van der Waals surface area (Å²) in [7, 11) is 0. The lowest BCUT2D eigenvalue weighted by atomic mass is 10.1.